The zero-order valence-electron chi connectivity index (χ0n) is 8.03. The van der Waals surface area contributed by atoms with Crippen molar-refractivity contribution in [3.63, 3.8) is 0 Å². The zero-order valence-corrected chi connectivity index (χ0v) is 8.03. The summed E-state index contributed by atoms with van der Waals surface area (Å²) in [6.07, 6.45) is 0. The van der Waals surface area contributed by atoms with Crippen LogP contribution in [0.15, 0.2) is 0 Å². The molecule has 0 aromatic rings. The summed E-state index contributed by atoms with van der Waals surface area (Å²) in [7, 11) is 0. The molecule has 1 atom stereocenters. The van der Waals surface area contributed by atoms with Gasteiger partial charge < -0.3 is 27.2 Å². The summed E-state index contributed by atoms with van der Waals surface area (Å²) in [6, 6.07) is -0.958. The smallest absolute Gasteiger partial charge is 0.322 e. The van der Waals surface area contributed by atoms with Gasteiger partial charge in [-0.1, -0.05) is 0 Å². The fraction of sp³-hybridized carbons (Fsp3) is 0.571. The average molecular weight is 218 g/mol. The maximum Gasteiger partial charge on any atom is 0.322 e. The second kappa shape index (κ2) is 6.74. The number of hydrogen-bond acceptors (Lipinski definition) is 5. The fourth-order valence-electron chi connectivity index (χ4n) is 0.771. The minimum absolute atomic E-state index is 0.128. The number of carboxylic acid groups (broad SMARTS) is 1. The Morgan fingerprint density at radius 2 is 1.87 bits per heavy atom. The molecular weight excluding hydrogens is 204 g/mol. The van der Waals surface area contributed by atoms with Gasteiger partial charge in [-0.25, -0.2) is 0 Å². The average Bonchev–Trinajstić information content (AvgIpc) is 2.21. The monoisotopic (exact) mass is 218 g/mol. The summed E-state index contributed by atoms with van der Waals surface area (Å²) >= 11 is 0. The Hall–Kier alpha value is -1.67. The molecular formula is C7H14N4O4. The quantitative estimate of drug-likeness (QED) is 0.313. The van der Waals surface area contributed by atoms with E-state index in [2.05, 4.69) is 10.6 Å². The van der Waals surface area contributed by atoms with E-state index in [1.165, 1.54) is 0 Å². The van der Waals surface area contributed by atoms with Gasteiger partial charge >= 0.3 is 5.97 Å². The second-order valence-electron chi connectivity index (χ2n) is 2.67. The summed E-state index contributed by atoms with van der Waals surface area (Å²) in [5, 5.41) is 12.6. The van der Waals surface area contributed by atoms with E-state index >= 15 is 0 Å². The highest BCUT2D eigenvalue weighted by atomic mass is 16.4. The van der Waals surface area contributed by atoms with Crippen molar-refractivity contribution in [1.82, 2.24) is 10.6 Å². The van der Waals surface area contributed by atoms with Gasteiger partial charge in [-0.05, 0) is 0 Å². The van der Waals surface area contributed by atoms with Gasteiger partial charge in [0.25, 0.3) is 0 Å². The third-order valence-corrected chi connectivity index (χ3v) is 1.49. The molecule has 0 aromatic carbocycles. The summed E-state index contributed by atoms with van der Waals surface area (Å²) in [5.74, 6) is -2.36. The number of amides is 2. The zero-order chi connectivity index (χ0) is 11.8. The number of hydrogen-bond donors (Lipinski definition) is 5. The van der Waals surface area contributed by atoms with Crippen LogP contribution >= 0.6 is 0 Å². The molecule has 0 saturated heterocycles. The summed E-state index contributed by atoms with van der Waals surface area (Å²) in [5.41, 5.74) is 10.2. The molecule has 0 aliphatic heterocycles. The molecule has 15 heavy (non-hydrogen) atoms. The third-order valence-electron chi connectivity index (χ3n) is 1.49. The Morgan fingerprint density at radius 1 is 1.27 bits per heavy atom. The highest BCUT2D eigenvalue weighted by Crippen LogP contribution is 1.81. The van der Waals surface area contributed by atoms with Crippen LogP contribution in [0.25, 0.3) is 0 Å². The number of carbonyl (C=O) groups is 3. The van der Waals surface area contributed by atoms with E-state index in [4.69, 9.17) is 16.6 Å². The van der Waals surface area contributed by atoms with Crippen LogP contribution in [0.4, 0.5) is 0 Å². The molecule has 0 fully saturated rings. The lowest BCUT2D eigenvalue weighted by molar-refractivity contribution is -0.138. The molecule has 0 aromatic heterocycles. The first-order chi connectivity index (χ1) is 7.01. The van der Waals surface area contributed by atoms with E-state index in [0.29, 0.717) is 0 Å². The summed E-state index contributed by atoms with van der Waals surface area (Å²) in [4.78, 5) is 32.2. The Balaban J connectivity index is 4.10. The molecule has 7 N–H and O–H groups in total. The van der Waals surface area contributed by atoms with Crippen molar-refractivity contribution < 1.29 is 19.5 Å². The number of nitrogens with one attached hydrogen (secondary N) is 2. The lowest BCUT2D eigenvalue weighted by Crippen LogP contribution is -2.52. The van der Waals surface area contributed by atoms with E-state index in [1.54, 1.807) is 0 Å². The lowest BCUT2D eigenvalue weighted by Gasteiger charge is -2.15. The number of carbonyl (C=O) groups excluding carboxylic acids is 2. The van der Waals surface area contributed by atoms with Gasteiger partial charge in [-0.3, -0.25) is 14.4 Å². The van der Waals surface area contributed by atoms with Crippen molar-refractivity contribution in [2.75, 3.05) is 19.6 Å². The van der Waals surface area contributed by atoms with Crippen LogP contribution in [0.5, 0.6) is 0 Å². The Morgan fingerprint density at radius 3 is 2.27 bits per heavy atom. The first kappa shape index (κ1) is 13.3. The van der Waals surface area contributed by atoms with Crippen LogP contribution in [0, 0.1) is 0 Å². The number of aliphatic carboxylic acids is 1. The van der Waals surface area contributed by atoms with Crippen LogP contribution in [0.3, 0.4) is 0 Å². The van der Waals surface area contributed by atoms with Gasteiger partial charge in [-0.15, -0.1) is 0 Å². The van der Waals surface area contributed by atoms with Crippen LogP contribution in [0.1, 0.15) is 0 Å². The Bertz CT molecular complexity index is 255. The van der Waals surface area contributed by atoms with Crippen molar-refractivity contribution in [2.24, 2.45) is 11.5 Å². The third kappa shape index (κ3) is 5.60. The SMILES string of the molecule is NCC(=O)NC(CN)C(=O)NCC(=O)O. The van der Waals surface area contributed by atoms with Crippen molar-refractivity contribution in [3.8, 4) is 0 Å². The first-order valence-electron chi connectivity index (χ1n) is 4.20. The molecule has 0 spiro atoms. The molecule has 1 unspecified atom stereocenters. The van der Waals surface area contributed by atoms with Crippen LogP contribution < -0.4 is 22.1 Å². The normalized spacial score (nSPS) is 11.6. The number of carboxylic acids is 1. The van der Waals surface area contributed by atoms with Crippen molar-refractivity contribution in [1.29, 1.82) is 0 Å². The maximum atomic E-state index is 11.2. The predicted molar refractivity (Wildman–Crippen MR) is 50.7 cm³/mol. The second-order valence-corrected chi connectivity index (χ2v) is 2.67. The lowest BCUT2D eigenvalue weighted by atomic mass is 10.2. The summed E-state index contributed by atoms with van der Waals surface area (Å²) < 4.78 is 0. The highest BCUT2D eigenvalue weighted by Gasteiger charge is 2.18. The number of rotatable bonds is 6. The molecule has 8 nitrogen and oxygen atoms in total. The Kier molecular flexibility index (Phi) is 5.99. The molecule has 0 aliphatic carbocycles. The van der Waals surface area contributed by atoms with Crippen molar-refractivity contribution in [2.45, 2.75) is 6.04 Å². The van der Waals surface area contributed by atoms with Gasteiger partial charge in [0.2, 0.25) is 11.8 Å². The topological polar surface area (TPSA) is 148 Å². The molecule has 0 heterocycles. The standard InChI is InChI=1S/C7H14N4O4/c8-1-4(11-5(12)2-9)7(15)10-3-6(13)14/h4H,1-3,8-9H2,(H,10,15)(H,11,12)(H,13,14). The molecule has 0 saturated carbocycles. The largest absolute Gasteiger partial charge is 0.480 e. The van der Waals surface area contributed by atoms with Crippen LogP contribution in [-0.4, -0.2) is 48.6 Å². The maximum absolute atomic E-state index is 11.2. The minimum Gasteiger partial charge on any atom is -0.480 e. The van der Waals surface area contributed by atoms with Gasteiger partial charge in [-0.2, -0.15) is 0 Å². The molecule has 0 aliphatic rings. The van der Waals surface area contributed by atoms with Crippen molar-refractivity contribution >= 4 is 17.8 Å². The van der Waals surface area contributed by atoms with E-state index in [9.17, 15) is 14.4 Å². The van der Waals surface area contributed by atoms with Crippen LogP contribution in [-0.2, 0) is 14.4 Å². The fourth-order valence-corrected chi connectivity index (χ4v) is 0.771. The molecule has 0 radical (unpaired) electrons. The molecule has 86 valence electrons. The highest BCUT2D eigenvalue weighted by molar-refractivity contribution is 5.90. The van der Waals surface area contributed by atoms with Gasteiger partial charge in [0.1, 0.15) is 12.6 Å². The van der Waals surface area contributed by atoms with Gasteiger partial charge in [0, 0.05) is 6.54 Å². The van der Waals surface area contributed by atoms with Crippen LogP contribution in [0.2, 0.25) is 0 Å². The minimum atomic E-state index is -1.18. The van der Waals surface area contributed by atoms with E-state index in [-0.39, 0.29) is 13.1 Å². The van der Waals surface area contributed by atoms with Gasteiger partial charge in [0.15, 0.2) is 0 Å². The molecule has 0 bridgehead atoms. The van der Waals surface area contributed by atoms with Gasteiger partial charge in [0.05, 0.1) is 6.54 Å². The first-order valence-corrected chi connectivity index (χ1v) is 4.20. The summed E-state index contributed by atoms with van der Waals surface area (Å²) in [6.45, 7) is -0.909. The molecule has 2 amide bonds. The Labute approximate surface area is 86.0 Å². The van der Waals surface area contributed by atoms with E-state index in [0.717, 1.165) is 0 Å². The van der Waals surface area contributed by atoms with Crippen molar-refractivity contribution in [3.05, 3.63) is 0 Å². The molecule has 0 rings (SSSR count). The molecule has 8 heteroatoms. The predicted octanol–water partition coefficient (Wildman–Crippen LogP) is -3.41. The van der Waals surface area contributed by atoms with E-state index in [1.807, 2.05) is 0 Å². The van der Waals surface area contributed by atoms with E-state index < -0.39 is 30.4 Å². The number of nitrogens with two attached hydrogens (primary N) is 2.